The zero-order valence-electron chi connectivity index (χ0n) is 12.1. The van der Waals surface area contributed by atoms with Crippen LogP contribution in [0.4, 0.5) is 5.69 Å². The van der Waals surface area contributed by atoms with E-state index in [1.165, 1.54) is 10.6 Å². The van der Waals surface area contributed by atoms with Gasteiger partial charge in [0.2, 0.25) is 5.91 Å². The summed E-state index contributed by atoms with van der Waals surface area (Å²) < 4.78 is 12.0. The Hall–Kier alpha value is -1.70. The second kappa shape index (κ2) is 7.92. The first-order valence-electron chi connectivity index (χ1n) is 7.00. The highest BCUT2D eigenvalue weighted by molar-refractivity contribution is 5.90. The maximum atomic E-state index is 12.0. The van der Waals surface area contributed by atoms with E-state index < -0.39 is 0 Å². The molecule has 1 amide bonds. The molecular formula is C14H21N3O4. The van der Waals surface area contributed by atoms with Crippen LogP contribution in [0.3, 0.4) is 0 Å². The summed E-state index contributed by atoms with van der Waals surface area (Å²) in [5.41, 5.74) is 0.476. The molecule has 1 aromatic rings. The monoisotopic (exact) mass is 295 g/mol. The number of carbonyl (C=O) groups excluding carboxylic acids is 1. The first-order valence-corrected chi connectivity index (χ1v) is 7.00. The molecule has 1 aliphatic rings. The van der Waals surface area contributed by atoms with Crippen molar-refractivity contribution in [2.75, 3.05) is 38.7 Å². The van der Waals surface area contributed by atoms with Crippen molar-refractivity contribution >= 4 is 11.6 Å². The van der Waals surface area contributed by atoms with Crippen LogP contribution in [0.15, 0.2) is 23.1 Å². The number of amides is 1. The third-order valence-electron chi connectivity index (χ3n) is 3.22. The van der Waals surface area contributed by atoms with Crippen LogP contribution in [-0.2, 0) is 20.8 Å². The van der Waals surface area contributed by atoms with Gasteiger partial charge in [-0.3, -0.25) is 9.59 Å². The number of ether oxygens (including phenoxy) is 2. The molecule has 1 aromatic heterocycles. The van der Waals surface area contributed by atoms with E-state index in [1.807, 2.05) is 0 Å². The number of pyridine rings is 1. The summed E-state index contributed by atoms with van der Waals surface area (Å²) in [6.45, 7) is 3.02. The van der Waals surface area contributed by atoms with Crippen LogP contribution in [0, 0.1) is 0 Å². The van der Waals surface area contributed by atoms with E-state index in [9.17, 15) is 9.59 Å². The lowest BCUT2D eigenvalue weighted by Crippen LogP contribution is -2.40. The predicted molar refractivity (Wildman–Crippen MR) is 78.4 cm³/mol. The molecular weight excluding hydrogens is 274 g/mol. The Balaban J connectivity index is 1.92. The number of methoxy groups -OCH3 is 1. The molecule has 0 aromatic carbocycles. The molecule has 2 N–H and O–H groups in total. The minimum absolute atomic E-state index is 0.0989. The third kappa shape index (κ3) is 4.96. The molecule has 116 valence electrons. The molecule has 0 aliphatic carbocycles. The van der Waals surface area contributed by atoms with E-state index in [0.717, 1.165) is 6.54 Å². The smallest absolute Gasteiger partial charge is 0.250 e. The van der Waals surface area contributed by atoms with Crippen molar-refractivity contribution in [1.82, 2.24) is 9.88 Å². The maximum Gasteiger partial charge on any atom is 0.250 e. The largest absolute Gasteiger partial charge is 0.383 e. The molecule has 1 atom stereocenters. The summed E-state index contributed by atoms with van der Waals surface area (Å²) in [5.74, 6) is -0.124. The zero-order valence-corrected chi connectivity index (χ0v) is 12.1. The first-order chi connectivity index (χ1) is 10.2. The van der Waals surface area contributed by atoms with Crippen molar-refractivity contribution in [3.63, 3.8) is 0 Å². The quantitative estimate of drug-likeness (QED) is 0.760. The lowest BCUT2D eigenvalue weighted by Gasteiger charge is -2.23. The molecule has 7 nitrogen and oxygen atoms in total. The number of hydrogen-bond donors (Lipinski definition) is 2. The van der Waals surface area contributed by atoms with Crippen LogP contribution >= 0.6 is 0 Å². The number of carbonyl (C=O) groups is 1. The van der Waals surface area contributed by atoms with Gasteiger partial charge in [0.05, 0.1) is 31.4 Å². The van der Waals surface area contributed by atoms with Crippen molar-refractivity contribution in [3.05, 3.63) is 28.7 Å². The Kier molecular flexibility index (Phi) is 5.91. The van der Waals surface area contributed by atoms with Gasteiger partial charge in [-0.2, -0.15) is 0 Å². The second-order valence-electron chi connectivity index (χ2n) is 4.89. The van der Waals surface area contributed by atoms with Gasteiger partial charge in [-0.05, 0) is 6.07 Å². The standard InChI is InChI=1S/C14H21N3O4/c1-20-7-5-17-10-11(2-3-14(17)19)16-13(18)8-12-9-15-4-6-21-12/h2-3,10,12,15H,4-9H2,1H3,(H,16,18). The molecule has 21 heavy (non-hydrogen) atoms. The second-order valence-corrected chi connectivity index (χ2v) is 4.89. The van der Waals surface area contributed by atoms with Gasteiger partial charge in [-0.1, -0.05) is 0 Å². The number of aromatic nitrogens is 1. The molecule has 1 unspecified atom stereocenters. The number of anilines is 1. The molecule has 2 rings (SSSR count). The van der Waals surface area contributed by atoms with E-state index in [1.54, 1.807) is 19.4 Å². The summed E-state index contributed by atoms with van der Waals surface area (Å²) in [6.07, 6.45) is 1.82. The maximum absolute atomic E-state index is 12.0. The molecule has 0 saturated carbocycles. The highest BCUT2D eigenvalue weighted by Crippen LogP contribution is 2.07. The third-order valence-corrected chi connectivity index (χ3v) is 3.22. The molecule has 2 heterocycles. The fraction of sp³-hybridized carbons (Fsp3) is 0.571. The molecule has 7 heteroatoms. The normalized spacial score (nSPS) is 18.4. The highest BCUT2D eigenvalue weighted by Gasteiger charge is 2.17. The fourth-order valence-electron chi connectivity index (χ4n) is 2.14. The van der Waals surface area contributed by atoms with Crippen LogP contribution in [-0.4, -0.2) is 50.0 Å². The van der Waals surface area contributed by atoms with Crippen LogP contribution < -0.4 is 16.2 Å². The predicted octanol–water partition coefficient (Wildman–Crippen LogP) is -0.188. The highest BCUT2D eigenvalue weighted by atomic mass is 16.5. The van der Waals surface area contributed by atoms with E-state index in [2.05, 4.69) is 10.6 Å². The van der Waals surface area contributed by atoms with E-state index in [-0.39, 0.29) is 17.6 Å². The lowest BCUT2D eigenvalue weighted by atomic mass is 10.2. The SMILES string of the molecule is COCCn1cc(NC(=O)CC2CNCCO2)ccc1=O. The topological polar surface area (TPSA) is 81.6 Å². The fourth-order valence-corrected chi connectivity index (χ4v) is 2.14. The molecule has 1 saturated heterocycles. The Bertz CT molecular complexity index is 523. The summed E-state index contributed by atoms with van der Waals surface area (Å²) >= 11 is 0. The van der Waals surface area contributed by atoms with Crippen molar-refractivity contribution in [2.24, 2.45) is 0 Å². The van der Waals surface area contributed by atoms with Gasteiger partial charge in [0.15, 0.2) is 0 Å². The average Bonchev–Trinajstić information content (AvgIpc) is 2.48. The van der Waals surface area contributed by atoms with Crippen LogP contribution in [0.2, 0.25) is 0 Å². The minimum atomic E-state index is -0.124. The van der Waals surface area contributed by atoms with Gasteiger partial charge < -0.3 is 24.7 Å². The Morgan fingerprint density at radius 3 is 3.14 bits per heavy atom. The molecule has 1 fully saturated rings. The molecule has 0 spiro atoms. The van der Waals surface area contributed by atoms with Gasteiger partial charge in [0.25, 0.3) is 5.56 Å². The number of nitrogens with one attached hydrogen (secondary N) is 2. The lowest BCUT2D eigenvalue weighted by molar-refractivity contribution is -0.119. The van der Waals surface area contributed by atoms with Gasteiger partial charge in [-0.25, -0.2) is 0 Å². The molecule has 1 aliphatic heterocycles. The van der Waals surface area contributed by atoms with E-state index in [0.29, 0.717) is 38.4 Å². The van der Waals surface area contributed by atoms with Gasteiger partial charge in [0, 0.05) is 39.0 Å². The van der Waals surface area contributed by atoms with E-state index in [4.69, 9.17) is 9.47 Å². The number of hydrogen-bond acceptors (Lipinski definition) is 5. The van der Waals surface area contributed by atoms with Crippen molar-refractivity contribution in [3.8, 4) is 0 Å². The van der Waals surface area contributed by atoms with E-state index >= 15 is 0 Å². The Morgan fingerprint density at radius 2 is 2.43 bits per heavy atom. The summed E-state index contributed by atoms with van der Waals surface area (Å²) in [7, 11) is 1.58. The first kappa shape index (κ1) is 15.7. The average molecular weight is 295 g/mol. The summed E-state index contributed by atoms with van der Waals surface area (Å²) in [5, 5.41) is 5.97. The molecule has 0 radical (unpaired) electrons. The number of nitrogens with zero attached hydrogens (tertiary/aromatic N) is 1. The molecule has 0 bridgehead atoms. The summed E-state index contributed by atoms with van der Waals surface area (Å²) in [4.78, 5) is 23.6. The van der Waals surface area contributed by atoms with Crippen molar-refractivity contribution < 1.29 is 14.3 Å². The Morgan fingerprint density at radius 1 is 1.57 bits per heavy atom. The minimum Gasteiger partial charge on any atom is -0.383 e. The van der Waals surface area contributed by atoms with Crippen molar-refractivity contribution in [2.45, 2.75) is 19.1 Å². The van der Waals surface area contributed by atoms with Crippen LogP contribution in [0.5, 0.6) is 0 Å². The van der Waals surface area contributed by atoms with Gasteiger partial charge >= 0.3 is 0 Å². The van der Waals surface area contributed by atoms with Crippen LogP contribution in [0.25, 0.3) is 0 Å². The van der Waals surface area contributed by atoms with Gasteiger partial charge in [-0.15, -0.1) is 0 Å². The summed E-state index contributed by atoms with van der Waals surface area (Å²) in [6, 6.07) is 3.04. The number of rotatable bonds is 6. The number of morpholine rings is 1. The Labute approximate surface area is 123 Å². The van der Waals surface area contributed by atoms with Gasteiger partial charge in [0.1, 0.15) is 0 Å². The van der Waals surface area contributed by atoms with Crippen LogP contribution in [0.1, 0.15) is 6.42 Å². The van der Waals surface area contributed by atoms with Crippen molar-refractivity contribution in [1.29, 1.82) is 0 Å². The zero-order chi connectivity index (χ0) is 15.1.